The first-order chi connectivity index (χ1) is 16.5. The molecular formula is C29H30N2O4. The van der Waals surface area contributed by atoms with Gasteiger partial charge in [0.1, 0.15) is 11.6 Å². The molecule has 1 heterocycles. The van der Waals surface area contributed by atoms with Crippen LogP contribution >= 0.6 is 0 Å². The van der Waals surface area contributed by atoms with Crippen molar-refractivity contribution in [3.63, 3.8) is 0 Å². The van der Waals surface area contributed by atoms with Crippen molar-refractivity contribution < 1.29 is 19.4 Å². The van der Waals surface area contributed by atoms with Gasteiger partial charge in [-0.3, -0.25) is 4.79 Å². The van der Waals surface area contributed by atoms with Crippen LogP contribution in [0.3, 0.4) is 0 Å². The number of carboxylic acids is 1. The van der Waals surface area contributed by atoms with Crippen LogP contribution in [0.5, 0.6) is 5.75 Å². The standard InChI is InChI=1S/C29H30N2O4/c1-17-12-22(35-16-26(33)34)13-18(2)27(17)28-30-23-11-8-20(15-24(23)31-28)25(32)14-19-6-9-21(10-7-19)29(3,4)5/h6-13,15H,14,16H2,1-5H3,(H,30,31)(H,33,34). The number of fused-ring (bicyclic) bond motifs is 1. The van der Waals surface area contributed by atoms with Gasteiger partial charge in [-0.1, -0.05) is 45.0 Å². The van der Waals surface area contributed by atoms with Crippen molar-refractivity contribution in [2.24, 2.45) is 0 Å². The van der Waals surface area contributed by atoms with Crippen molar-refractivity contribution in [1.29, 1.82) is 0 Å². The molecule has 0 spiro atoms. The first-order valence-corrected chi connectivity index (χ1v) is 11.6. The van der Waals surface area contributed by atoms with E-state index in [1.165, 1.54) is 5.56 Å². The summed E-state index contributed by atoms with van der Waals surface area (Å²) >= 11 is 0. The maximum absolute atomic E-state index is 13.0. The third-order valence-electron chi connectivity index (χ3n) is 6.09. The Labute approximate surface area is 205 Å². The number of aryl methyl sites for hydroxylation is 2. The summed E-state index contributed by atoms with van der Waals surface area (Å²) in [6.07, 6.45) is 0.340. The summed E-state index contributed by atoms with van der Waals surface area (Å²) in [6.45, 7) is 10.00. The number of ketones is 1. The number of Topliss-reactive ketones (excluding diaryl/α,β-unsaturated/α-hetero) is 1. The zero-order valence-corrected chi connectivity index (χ0v) is 20.7. The Morgan fingerprint density at radius 1 is 0.971 bits per heavy atom. The number of nitrogens with one attached hydrogen (secondary N) is 1. The summed E-state index contributed by atoms with van der Waals surface area (Å²) in [4.78, 5) is 31.8. The van der Waals surface area contributed by atoms with E-state index in [4.69, 9.17) is 14.8 Å². The summed E-state index contributed by atoms with van der Waals surface area (Å²) < 4.78 is 5.33. The third kappa shape index (κ3) is 5.43. The Morgan fingerprint density at radius 2 is 1.63 bits per heavy atom. The number of aromatic amines is 1. The summed E-state index contributed by atoms with van der Waals surface area (Å²) in [5.74, 6) is 0.237. The van der Waals surface area contributed by atoms with E-state index in [-0.39, 0.29) is 17.8 Å². The highest BCUT2D eigenvalue weighted by atomic mass is 16.5. The van der Waals surface area contributed by atoms with E-state index >= 15 is 0 Å². The summed E-state index contributed by atoms with van der Waals surface area (Å²) in [7, 11) is 0. The zero-order chi connectivity index (χ0) is 25.3. The lowest BCUT2D eigenvalue weighted by Gasteiger charge is -2.19. The number of benzene rings is 3. The van der Waals surface area contributed by atoms with Crippen molar-refractivity contribution >= 4 is 22.8 Å². The van der Waals surface area contributed by atoms with Gasteiger partial charge >= 0.3 is 5.97 Å². The predicted molar refractivity (Wildman–Crippen MR) is 137 cm³/mol. The molecule has 0 aliphatic carbocycles. The molecule has 3 aromatic carbocycles. The lowest BCUT2D eigenvalue weighted by atomic mass is 9.86. The molecule has 0 aliphatic heterocycles. The fourth-order valence-corrected chi connectivity index (χ4v) is 4.24. The first kappa shape index (κ1) is 24.2. The maximum Gasteiger partial charge on any atom is 0.341 e. The molecule has 6 nitrogen and oxygen atoms in total. The minimum atomic E-state index is -1.02. The predicted octanol–water partition coefficient (Wildman–Crippen LogP) is 6.03. The molecule has 0 fully saturated rings. The minimum Gasteiger partial charge on any atom is -0.482 e. The molecule has 4 aromatic rings. The number of carbonyl (C=O) groups excluding carboxylic acids is 1. The van der Waals surface area contributed by atoms with E-state index in [9.17, 15) is 9.59 Å². The van der Waals surface area contributed by atoms with Gasteiger partial charge in [0.2, 0.25) is 0 Å². The maximum atomic E-state index is 13.0. The number of imidazole rings is 1. The van der Waals surface area contributed by atoms with Crippen molar-refractivity contribution in [3.05, 3.63) is 82.4 Å². The van der Waals surface area contributed by atoms with Gasteiger partial charge in [0.25, 0.3) is 0 Å². The molecule has 0 aliphatic rings. The molecule has 0 atom stereocenters. The monoisotopic (exact) mass is 470 g/mol. The van der Waals surface area contributed by atoms with Crippen molar-refractivity contribution in [2.45, 2.75) is 46.5 Å². The van der Waals surface area contributed by atoms with Crippen molar-refractivity contribution in [2.75, 3.05) is 6.61 Å². The van der Waals surface area contributed by atoms with Gasteiger partial charge in [-0.05, 0) is 71.8 Å². The van der Waals surface area contributed by atoms with Gasteiger partial charge in [0, 0.05) is 17.5 Å². The van der Waals surface area contributed by atoms with Crippen LogP contribution in [0, 0.1) is 13.8 Å². The number of nitrogens with zero attached hydrogens (tertiary/aromatic N) is 1. The van der Waals surface area contributed by atoms with Gasteiger partial charge in [-0.15, -0.1) is 0 Å². The Morgan fingerprint density at radius 3 is 2.23 bits per heavy atom. The van der Waals surface area contributed by atoms with Crippen LogP contribution in [-0.4, -0.2) is 33.4 Å². The van der Waals surface area contributed by atoms with Gasteiger partial charge in [-0.2, -0.15) is 0 Å². The summed E-state index contributed by atoms with van der Waals surface area (Å²) in [5, 5.41) is 8.85. The second-order valence-electron chi connectivity index (χ2n) is 9.98. The number of aliphatic carboxylic acids is 1. The smallest absolute Gasteiger partial charge is 0.341 e. The molecule has 0 saturated heterocycles. The SMILES string of the molecule is Cc1cc(OCC(=O)O)cc(C)c1-c1nc2ccc(C(=O)Cc3ccc(C(C)(C)C)cc3)cc2[nH]1. The molecule has 4 rings (SSSR count). The van der Waals surface area contributed by atoms with Crippen LogP contribution in [0.25, 0.3) is 22.4 Å². The van der Waals surface area contributed by atoms with E-state index in [0.29, 0.717) is 23.6 Å². The fourth-order valence-electron chi connectivity index (χ4n) is 4.24. The molecule has 2 N–H and O–H groups in total. The van der Waals surface area contributed by atoms with Gasteiger partial charge < -0.3 is 14.8 Å². The molecule has 0 unspecified atom stereocenters. The number of hydrogen-bond donors (Lipinski definition) is 2. The highest BCUT2D eigenvalue weighted by Gasteiger charge is 2.16. The van der Waals surface area contributed by atoms with E-state index in [0.717, 1.165) is 33.3 Å². The molecule has 35 heavy (non-hydrogen) atoms. The van der Waals surface area contributed by atoms with Crippen LogP contribution < -0.4 is 4.74 Å². The average molecular weight is 471 g/mol. The third-order valence-corrected chi connectivity index (χ3v) is 6.09. The summed E-state index contributed by atoms with van der Waals surface area (Å²) in [5.41, 5.74) is 7.27. The second kappa shape index (κ2) is 9.37. The fraction of sp³-hybridized carbons (Fsp3) is 0.276. The normalized spacial score (nSPS) is 11.6. The van der Waals surface area contributed by atoms with Gasteiger partial charge in [-0.25, -0.2) is 9.78 Å². The van der Waals surface area contributed by atoms with Gasteiger partial charge in [0.15, 0.2) is 12.4 Å². The van der Waals surface area contributed by atoms with Crippen molar-refractivity contribution in [1.82, 2.24) is 9.97 Å². The zero-order valence-electron chi connectivity index (χ0n) is 20.7. The molecule has 0 saturated carbocycles. The van der Waals surface area contributed by atoms with Crippen LogP contribution in [-0.2, 0) is 16.6 Å². The van der Waals surface area contributed by atoms with Crippen molar-refractivity contribution in [3.8, 4) is 17.1 Å². The average Bonchev–Trinajstić information content (AvgIpc) is 3.19. The molecule has 0 bridgehead atoms. The Balaban J connectivity index is 1.57. The highest BCUT2D eigenvalue weighted by molar-refractivity contribution is 6.00. The quantitative estimate of drug-likeness (QED) is 0.322. The topological polar surface area (TPSA) is 92.3 Å². The lowest BCUT2D eigenvalue weighted by molar-refractivity contribution is -0.139. The van der Waals surface area contributed by atoms with E-state index < -0.39 is 5.97 Å². The molecule has 0 amide bonds. The van der Waals surface area contributed by atoms with Crippen LogP contribution in [0.15, 0.2) is 54.6 Å². The number of hydrogen-bond acceptors (Lipinski definition) is 4. The van der Waals surface area contributed by atoms with Crippen LogP contribution in [0.4, 0.5) is 0 Å². The Kier molecular flexibility index (Phi) is 6.48. The molecular weight excluding hydrogens is 440 g/mol. The number of carbonyl (C=O) groups is 2. The van der Waals surface area contributed by atoms with Gasteiger partial charge in [0.05, 0.1) is 11.0 Å². The Bertz CT molecular complexity index is 1390. The summed E-state index contributed by atoms with van der Waals surface area (Å²) in [6, 6.07) is 17.4. The van der Waals surface area contributed by atoms with E-state index in [1.807, 2.05) is 44.2 Å². The largest absolute Gasteiger partial charge is 0.482 e. The van der Waals surface area contributed by atoms with Crippen LogP contribution in [0.1, 0.15) is 53.4 Å². The number of ether oxygens (including phenoxy) is 1. The first-order valence-electron chi connectivity index (χ1n) is 11.6. The lowest BCUT2D eigenvalue weighted by Crippen LogP contribution is -2.11. The second-order valence-corrected chi connectivity index (χ2v) is 9.98. The van der Waals surface area contributed by atoms with E-state index in [2.05, 4.69) is 37.9 Å². The number of H-pyrrole nitrogens is 1. The highest BCUT2D eigenvalue weighted by Crippen LogP contribution is 2.31. The van der Waals surface area contributed by atoms with Crippen LogP contribution in [0.2, 0.25) is 0 Å². The molecule has 180 valence electrons. The number of rotatable bonds is 7. The Hall–Kier alpha value is -3.93. The number of aromatic nitrogens is 2. The molecule has 0 radical (unpaired) electrons. The molecule has 6 heteroatoms. The van der Waals surface area contributed by atoms with E-state index in [1.54, 1.807) is 12.1 Å². The minimum absolute atomic E-state index is 0.0545. The number of carboxylic acid groups (broad SMARTS) is 1. The molecule has 1 aromatic heterocycles.